The van der Waals surface area contributed by atoms with Gasteiger partial charge < -0.3 is 15.0 Å². The predicted molar refractivity (Wildman–Crippen MR) is 165 cm³/mol. The number of amides is 2. The highest BCUT2D eigenvalue weighted by molar-refractivity contribution is 8.14. The number of ether oxygens (including phenoxy) is 1. The van der Waals surface area contributed by atoms with Crippen LogP contribution in [0.3, 0.4) is 0 Å². The van der Waals surface area contributed by atoms with E-state index in [2.05, 4.69) is 56.0 Å². The fourth-order valence-corrected chi connectivity index (χ4v) is 6.57. The largest absolute Gasteiger partial charge is 0.573 e. The molecule has 6 rings (SSSR count). The number of nitrogens with one attached hydrogen (secondary N) is 1. The maximum atomic E-state index is 13.3. The summed E-state index contributed by atoms with van der Waals surface area (Å²) in [6.07, 6.45) is 0.282. The molecular formula is C32H31F3N6O2S. The summed E-state index contributed by atoms with van der Waals surface area (Å²) in [5.74, 6) is 1.06. The summed E-state index contributed by atoms with van der Waals surface area (Å²) in [4.78, 5) is 24.4. The number of carbonyl (C=O) groups is 1. The molecule has 3 aromatic carbocycles. The van der Waals surface area contributed by atoms with Gasteiger partial charge in [0.25, 0.3) is 0 Å². The smallest absolute Gasteiger partial charge is 0.406 e. The number of carbonyl (C=O) groups excluding carboxylic acids is 1. The van der Waals surface area contributed by atoms with Crippen molar-refractivity contribution >= 4 is 28.6 Å². The van der Waals surface area contributed by atoms with E-state index in [0.29, 0.717) is 11.5 Å². The van der Waals surface area contributed by atoms with Gasteiger partial charge in [-0.1, -0.05) is 61.2 Å². The van der Waals surface area contributed by atoms with Crippen molar-refractivity contribution in [2.45, 2.75) is 57.5 Å². The number of rotatable bonds is 7. The standard InChI is InChI=1S/C32H31F3N6O2S/c1-3-22-6-4-5-7-27(22)41-21(2)16-19-44-30(41)37-29(42)38-31(17-18-31)24-10-8-23(9-11-24)28-36-20-40(39-28)25-12-14-26(15-13-25)43-32(33,34)35/h4-15,20-21H,3,16-19H2,1-2H3,(H,38,42). The SMILES string of the molecule is CCc1ccccc1N1C(=NC(=O)NC2(c3ccc(-c4ncn(-c5ccc(OC(F)(F)F)cc5)n4)cc3)CC2)SCCC1C. The quantitative estimate of drug-likeness (QED) is 0.231. The Morgan fingerprint density at radius 1 is 1.09 bits per heavy atom. The molecule has 1 unspecified atom stereocenters. The monoisotopic (exact) mass is 620 g/mol. The van der Waals surface area contributed by atoms with E-state index < -0.39 is 11.9 Å². The van der Waals surface area contributed by atoms with Crippen LogP contribution in [-0.2, 0) is 12.0 Å². The maximum absolute atomic E-state index is 13.3. The minimum absolute atomic E-state index is 0.234. The van der Waals surface area contributed by atoms with Crippen LogP contribution in [0.15, 0.2) is 84.1 Å². The first-order valence-electron chi connectivity index (χ1n) is 14.4. The molecule has 2 heterocycles. The Kier molecular flexibility index (Phi) is 8.10. The maximum Gasteiger partial charge on any atom is 0.573 e. The Balaban J connectivity index is 1.15. The lowest BCUT2D eigenvalue weighted by molar-refractivity contribution is -0.274. The van der Waals surface area contributed by atoms with Gasteiger partial charge in [-0.15, -0.1) is 18.3 Å². The number of aromatic nitrogens is 3. The number of anilines is 1. The van der Waals surface area contributed by atoms with Gasteiger partial charge in [-0.2, -0.15) is 4.99 Å². The second kappa shape index (κ2) is 12.0. The highest BCUT2D eigenvalue weighted by Gasteiger charge is 2.46. The molecule has 0 spiro atoms. The normalized spacial score (nSPS) is 18.7. The van der Waals surface area contributed by atoms with Crippen LogP contribution in [0.5, 0.6) is 5.75 Å². The molecule has 0 bridgehead atoms. The van der Waals surface area contributed by atoms with E-state index in [9.17, 15) is 18.0 Å². The fraction of sp³-hybridized carbons (Fsp3) is 0.312. The number of alkyl halides is 3. The minimum Gasteiger partial charge on any atom is -0.406 e. The Morgan fingerprint density at radius 2 is 1.82 bits per heavy atom. The number of benzene rings is 3. The second-order valence-electron chi connectivity index (χ2n) is 10.9. The van der Waals surface area contributed by atoms with E-state index in [1.54, 1.807) is 11.8 Å². The summed E-state index contributed by atoms with van der Waals surface area (Å²) >= 11 is 1.61. The number of aliphatic imine (C=N–C) groups is 1. The minimum atomic E-state index is -4.75. The highest BCUT2D eigenvalue weighted by atomic mass is 32.2. The van der Waals surface area contributed by atoms with Crippen LogP contribution in [0, 0.1) is 0 Å². The van der Waals surface area contributed by atoms with Gasteiger partial charge in [-0.3, -0.25) is 0 Å². The van der Waals surface area contributed by atoms with E-state index >= 15 is 0 Å². The van der Waals surface area contributed by atoms with E-state index in [1.807, 2.05) is 36.4 Å². The van der Waals surface area contributed by atoms with Crippen molar-refractivity contribution in [1.82, 2.24) is 20.1 Å². The lowest BCUT2D eigenvalue weighted by Gasteiger charge is -2.36. The molecule has 12 heteroatoms. The van der Waals surface area contributed by atoms with Crippen molar-refractivity contribution in [3.05, 3.63) is 90.3 Å². The first-order chi connectivity index (χ1) is 21.1. The van der Waals surface area contributed by atoms with E-state index in [-0.39, 0.29) is 17.8 Å². The Labute approximate surface area is 257 Å². The third-order valence-electron chi connectivity index (χ3n) is 7.86. The third-order valence-corrected chi connectivity index (χ3v) is 8.85. The highest BCUT2D eigenvalue weighted by Crippen LogP contribution is 2.46. The Morgan fingerprint density at radius 3 is 2.50 bits per heavy atom. The van der Waals surface area contributed by atoms with Crippen LogP contribution in [0.1, 0.15) is 44.2 Å². The molecule has 8 nitrogen and oxygen atoms in total. The van der Waals surface area contributed by atoms with Crippen LogP contribution in [0.25, 0.3) is 17.1 Å². The summed E-state index contributed by atoms with van der Waals surface area (Å²) in [6, 6.07) is 21.3. The molecular weight excluding hydrogens is 589 g/mol. The first kappa shape index (κ1) is 29.7. The first-order valence-corrected chi connectivity index (χ1v) is 15.4. The summed E-state index contributed by atoms with van der Waals surface area (Å²) in [6.45, 7) is 4.30. The molecule has 1 aliphatic heterocycles. The summed E-state index contributed by atoms with van der Waals surface area (Å²) < 4.78 is 42.8. The number of urea groups is 1. The molecule has 2 fully saturated rings. The zero-order valence-electron chi connectivity index (χ0n) is 24.2. The number of thioether (sulfide) groups is 1. The van der Waals surface area contributed by atoms with E-state index in [1.165, 1.54) is 40.8 Å². The molecule has 2 aliphatic rings. The van der Waals surface area contributed by atoms with Gasteiger partial charge in [0, 0.05) is 23.0 Å². The number of para-hydroxylation sites is 1. The molecule has 1 aliphatic carbocycles. The van der Waals surface area contributed by atoms with Gasteiger partial charge in [0.05, 0.1) is 11.2 Å². The van der Waals surface area contributed by atoms with Crippen LogP contribution in [-0.4, -0.2) is 44.1 Å². The zero-order chi connectivity index (χ0) is 30.9. The molecule has 1 atom stereocenters. The van der Waals surface area contributed by atoms with Gasteiger partial charge in [-0.25, -0.2) is 14.5 Å². The average Bonchev–Trinajstić information content (AvgIpc) is 3.61. The number of hydrogen-bond acceptors (Lipinski definition) is 5. The Hall–Kier alpha value is -4.32. The third kappa shape index (κ3) is 6.45. The van der Waals surface area contributed by atoms with Crippen molar-refractivity contribution in [3.63, 3.8) is 0 Å². The van der Waals surface area contributed by atoms with Crippen LogP contribution < -0.4 is 15.0 Å². The average molecular weight is 621 g/mol. The summed E-state index contributed by atoms with van der Waals surface area (Å²) in [7, 11) is 0. The van der Waals surface area contributed by atoms with Crippen molar-refractivity contribution in [2.75, 3.05) is 10.7 Å². The molecule has 1 saturated carbocycles. The lowest BCUT2D eigenvalue weighted by atomic mass is 10.0. The molecule has 44 heavy (non-hydrogen) atoms. The van der Waals surface area contributed by atoms with Gasteiger partial charge in [0.2, 0.25) is 0 Å². The topological polar surface area (TPSA) is 84.6 Å². The summed E-state index contributed by atoms with van der Waals surface area (Å²) in [5, 5.41) is 8.36. The number of aryl methyl sites for hydroxylation is 1. The number of hydrogen-bond donors (Lipinski definition) is 1. The van der Waals surface area contributed by atoms with Gasteiger partial charge in [0.1, 0.15) is 12.1 Å². The molecule has 0 radical (unpaired) electrons. The van der Waals surface area contributed by atoms with Crippen LogP contribution in [0.2, 0.25) is 0 Å². The van der Waals surface area contributed by atoms with E-state index in [4.69, 9.17) is 0 Å². The lowest BCUT2D eigenvalue weighted by Crippen LogP contribution is -2.43. The molecule has 1 aromatic heterocycles. The predicted octanol–water partition coefficient (Wildman–Crippen LogP) is 7.48. The second-order valence-corrected chi connectivity index (χ2v) is 11.9. The fourth-order valence-electron chi connectivity index (χ4n) is 5.37. The summed E-state index contributed by atoms with van der Waals surface area (Å²) in [5.41, 5.74) is 4.14. The Bertz CT molecular complexity index is 1670. The molecule has 1 saturated heterocycles. The number of amidine groups is 1. The van der Waals surface area contributed by atoms with Crippen molar-refractivity contribution in [3.8, 4) is 22.8 Å². The van der Waals surface area contributed by atoms with Gasteiger partial charge in [0.15, 0.2) is 11.0 Å². The van der Waals surface area contributed by atoms with Crippen molar-refractivity contribution < 1.29 is 22.7 Å². The van der Waals surface area contributed by atoms with E-state index in [0.717, 1.165) is 53.4 Å². The molecule has 4 aromatic rings. The number of halogens is 3. The van der Waals surface area contributed by atoms with Gasteiger partial charge in [-0.05, 0) is 74.1 Å². The van der Waals surface area contributed by atoms with Crippen molar-refractivity contribution in [1.29, 1.82) is 0 Å². The van der Waals surface area contributed by atoms with Crippen LogP contribution >= 0.6 is 11.8 Å². The zero-order valence-corrected chi connectivity index (χ0v) is 25.0. The van der Waals surface area contributed by atoms with Crippen LogP contribution in [0.4, 0.5) is 23.7 Å². The molecule has 1 N–H and O–H groups in total. The van der Waals surface area contributed by atoms with Gasteiger partial charge >= 0.3 is 12.4 Å². The number of nitrogens with zero attached hydrogens (tertiary/aromatic N) is 5. The molecule has 2 amide bonds. The molecule has 228 valence electrons. The van der Waals surface area contributed by atoms with Crippen molar-refractivity contribution in [2.24, 2.45) is 4.99 Å².